The van der Waals surface area contributed by atoms with Gasteiger partial charge in [-0.2, -0.15) is 0 Å². The summed E-state index contributed by atoms with van der Waals surface area (Å²) < 4.78 is 4.66. The van der Waals surface area contributed by atoms with Crippen LogP contribution in [0.25, 0.3) is 0 Å². The van der Waals surface area contributed by atoms with Crippen molar-refractivity contribution in [1.29, 1.82) is 0 Å². The highest BCUT2D eigenvalue weighted by atomic mass is 16.5. The van der Waals surface area contributed by atoms with Gasteiger partial charge in [0, 0.05) is 6.08 Å². The van der Waals surface area contributed by atoms with E-state index in [1.807, 2.05) is 0 Å². The van der Waals surface area contributed by atoms with Gasteiger partial charge in [-0.3, -0.25) is 4.79 Å². The third kappa shape index (κ3) is 4.74. The second-order valence-corrected chi connectivity index (χ2v) is 1.51. The molecule has 0 rings (SSSR count). The monoisotopic (exact) mass is 128 g/mol. The molecule has 0 saturated heterocycles. The summed E-state index contributed by atoms with van der Waals surface area (Å²) in [4.78, 5) is 10.3. The summed E-state index contributed by atoms with van der Waals surface area (Å²) in [7, 11) is 0. The van der Waals surface area contributed by atoms with Crippen molar-refractivity contribution in [3.05, 3.63) is 18.9 Å². The predicted octanol–water partition coefficient (Wildman–Crippen LogP) is 0.226. The zero-order chi connectivity index (χ0) is 7.28. The van der Waals surface area contributed by atoms with Crippen LogP contribution in [0.1, 0.15) is 6.92 Å². The molecule has 2 N–H and O–H groups in total. The van der Waals surface area contributed by atoms with Gasteiger partial charge >= 0.3 is 0 Å². The number of rotatable bonds is 3. The van der Waals surface area contributed by atoms with Gasteiger partial charge in [0.15, 0.2) is 11.7 Å². The molecule has 0 aromatic rings. The first kappa shape index (κ1) is 7.88. The van der Waals surface area contributed by atoms with E-state index in [9.17, 15) is 4.79 Å². The molecule has 0 spiro atoms. The maximum atomic E-state index is 10.3. The molecular weight excluding hydrogens is 118 g/mol. The van der Waals surface area contributed by atoms with Gasteiger partial charge < -0.3 is 10.5 Å². The predicted molar refractivity (Wildman–Crippen MR) is 34.3 cm³/mol. The van der Waals surface area contributed by atoms with E-state index in [2.05, 4.69) is 11.7 Å². The van der Waals surface area contributed by atoms with Crippen LogP contribution in [-0.4, -0.2) is 12.4 Å². The third-order valence-electron chi connectivity index (χ3n) is 0.614. The zero-order valence-corrected chi connectivity index (χ0v) is 5.39. The number of carbonyl (C=O) groups is 1. The largest absolute Gasteiger partial charge is 0.438 e. The number of allylic oxidation sites excluding steroid dienone is 1. The van der Waals surface area contributed by atoms with Crippen molar-refractivity contribution in [2.45, 2.75) is 6.92 Å². The first-order valence-corrected chi connectivity index (χ1v) is 2.56. The van der Waals surface area contributed by atoms with Crippen LogP contribution in [0.2, 0.25) is 0 Å². The van der Waals surface area contributed by atoms with Gasteiger partial charge in [0.2, 0.25) is 6.61 Å². The molecule has 3 nitrogen and oxygen atoms in total. The minimum Gasteiger partial charge on any atom is -0.438 e. The number of hydrogen-bond acceptors (Lipinski definition) is 3. The van der Waals surface area contributed by atoms with E-state index in [1.54, 1.807) is 0 Å². The van der Waals surface area contributed by atoms with Crippen LogP contribution in [0.4, 0.5) is 0 Å². The molecule has 0 aliphatic carbocycles. The summed E-state index contributed by atoms with van der Waals surface area (Å²) in [5.41, 5.74) is 5.16. The fourth-order valence-electron chi connectivity index (χ4n) is 0.360. The van der Waals surface area contributed by atoms with Crippen LogP contribution in [-0.2, 0) is 9.53 Å². The molecule has 0 fully saturated rings. The Hall–Kier alpha value is -1.12. The lowest BCUT2D eigenvalue weighted by molar-refractivity contribution is -0.112. The van der Waals surface area contributed by atoms with Gasteiger partial charge in [0.25, 0.3) is 0 Å². The van der Waals surface area contributed by atoms with E-state index < -0.39 is 0 Å². The fraction of sp³-hybridized carbons (Fsp3) is 0.333. The van der Waals surface area contributed by atoms with Crippen LogP contribution in [0, 0.1) is 6.92 Å². The van der Waals surface area contributed by atoms with E-state index in [4.69, 9.17) is 5.73 Å². The lowest BCUT2D eigenvalue weighted by atomic mass is 10.4. The van der Waals surface area contributed by atoms with E-state index in [-0.39, 0.29) is 18.3 Å². The van der Waals surface area contributed by atoms with Crippen molar-refractivity contribution >= 4 is 5.78 Å². The van der Waals surface area contributed by atoms with Crippen molar-refractivity contribution in [3.63, 3.8) is 0 Å². The van der Waals surface area contributed by atoms with E-state index in [0.29, 0.717) is 0 Å². The average Bonchev–Trinajstić information content (AvgIpc) is 1.63. The lowest BCUT2D eigenvalue weighted by Crippen LogP contribution is -2.04. The Morgan fingerprint density at radius 1 is 1.89 bits per heavy atom. The molecule has 0 aromatic carbocycles. The Labute approximate surface area is 54.5 Å². The minimum absolute atomic E-state index is 0.123. The topological polar surface area (TPSA) is 52.3 Å². The Morgan fingerprint density at radius 2 is 2.44 bits per heavy atom. The van der Waals surface area contributed by atoms with E-state index in [0.717, 1.165) is 0 Å². The summed E-state index contributed by atoms with van der Waals surface area (Å²) >= 11 is 0. The Kier molecular flexibility index (Phi) is 3.35. The molecule has 0 heterocycles. The fourth-order valence-corrected chi connectivity index (χ4v) is 0.360. The van der Waals surface area contributed by atoms with Gasteiger partial charge in [-0.25, -0.2) is 0 Å². The third-order valence-corrected chi connectivity index (χ3v) is 0.614. The molecule has 0 aromatic heterocycles. The van der Waals surface area contributed by atoms with Crippen molar-refractivity contribution in [3.8, 4) is 0 Å². The molecule has 9 heavy (non-hydrogen) atoms. The molecule has 0 aliphatic rings. The average molecular weight is 128 g/mol. The van der Waals surface area contributed by atoms with Gasteiger partial charge in [0.1, 0.15) is 6.92 Å². The highest BCUT2D eigenvalue weighted by Crippen LogP contribution is 1.85. The van der Waals surface area contributed by atoms with Gasteiger partial charge in [0.05, 0.1) is 0 Å². The summed E-state index contributed by atoms with van der Waals surface area (Å²) in [6.07, 6.45) is 1.21. The molecule has 0 amide bonds. The second kappa shape index (κ2) is 3.83. The molecule has 3 heteroatoms. The Bertz CT molecular complexity index is 129. The van der Waals surface area contributed by atoms with Crippen molar-refractivity contribution in [2.75, 3.05) is 6.61 Å². The molecule has 0 bridgehead atoms. The molecule has 0 aliphatic heterocycles. The highest BCUT2D eigenvalue weighted by Gasteiger charge is 1.91. The first-order valence-electron chi connectivity index (χ1n) is 2.56. The Balaban J connectivity index is 3.69. The van der Waals surface area contributed by atoms with Crippen LogP contribution in [0.3, 0.4) is 0 Å². The minimum atomic E-state index is -0.124. The van der Waals surface area contributed by atoms with Crippen molar-refractivity contribution < 1.29 is 9.53 Å². The molecule has 0 saturated carbocycles. The SMILES string of the molecule is [CH2+]CO/C(N)=C/C(C)=O. The van der Waals surface area contributed by atoms with Crippen LogP contribution >= 0.6 is 0 Å². The maximum Gasteiger partial charge on any atom is 0.225 e. The molecular formula is C6H10NO2+. The number of carbonyl (C=O) groups excluding carboxylic acids is 1. The van der Waals surface area contributed by atoms with Crippen LogP contribution in [0.15, 0.2) is 12.0 Å². The number of ether oxygens (including phenoxy) is 1. The van der Waals surface area contributed by atoms with Gasteiger partial charge in [-0.1, -0.05) is 0 Å². The van der Waals surface area contributed by atoms with Crippen LogP contribution < -0.4 is 5.73 Å². The van der Waals surface area contributed by atoms with Crippen LogP contribution in [0.5, 0.6) is 0 Å². The van der Waals surface area contributed by atoms with Crippen molar-refractivity contribution in [2.24, 2.45) is 5.73 Å². The second-order valence-electron chi connectivity index (χ2n) is 1.51. The quantitative estimate of drug-likeness (QED) is 0.336. The molecule has 0 atom stereocenters. The zero-order valence-electron chi connectivity index (χ0n) is 5.39. The first-order chi connectivity index (χ1) is 4.16. The summed E-state index contributed by atoms with van der Waals surface area (Å²) in [6.45, 7) is 5.03. The summed E-state index contributed by atoms with van der Waals surface area (Å²) in [5, 5.41) is 0. The summed E-state index contributed by atoms with van der Waals surface area (Å²) in [5.74, 6) is -0.00144. The van der Waals surface area contributed by atoms with E-state index >= 15 is 0 Å². The van der Waals surface area contributed by atoms with Gasteiger partial charge in [-0.15, -0.1) is 0 Å². The van der Waals surface area contributed by atoms with Crippen molar-refractivity contribution in [1.82, 2.24) is 0 Å². The maximum absolute atomic E-state index is 10.3. The smallest absolute Gasteiger partial charge is 0.225 e. The number of ketones is 1. The normalized spacial score (nSPS) is 11.0. The number of nitrogens with two attached hydrogens (primary N) is 1. The lowest BCUT2D eigenvalue weighted by Gasteiger charge is -1.95. The van der Waals surface area contributed by atoms with Gasteiger partial charge in [-0.05, 0) is 6.92 Å². The summed E-state index contributed by atoms with van der Waals surface area (Å²) in [6, 6.07) is 0. The number of hydrogen-bond donors (Lipinski definition) is 1. The molecule has 0 unspecified atom stereocenters. The van der Waals surface area contributed by atoms with E-state index in [1.165, 1.54) is 13.0 Å². The Morgan fingerprint density at radius 3 is 2.78 bits per heavy atom. The highest BCUT2D eigenvalue weighted by molar-refractivity contribution is 5.87. The molecule has 0 radical (unpaired) electrons. The molecule has 50 valence electrons. The standard InChI is InChI=1S/C6H9NO2/c1-3-9-6(7)4-5(2)8/h4H,1,3H2,2H3,(H-,7,8)/p+1.